The summed E-state index contributed by atoms with van der Waals surface area (Å²) in [6, 6.07) is 11.8. The Balaban J connectivity index is 1.84. The van der Waals surface area contributed by atoms with Crippen LogP contribution >= 0.6 is 34.5 Å². The number of benzene rings is 2. The molecule has 0 aliphatic carbocycles. The quantitative estimate of drug-likeness (QED) is 0.284. The van der Waals surface area contributed by atoms with Crippen molar-refractivity contribution in [3.05, 3.63) is 94.6 Å². The zero-order chi connectivity index (χ0) is 26.5. The molecule has 0 saturated carbocycles. The molecule has 0 N–H and O–H groups in total. The molecular weight excluding hydrogens is 535 g/mol. The van der Waals surface area contributed by atoms with Gasteiger partial charge in [0.1, 0.15) is 12.4 Å². The maximum absolute atomic E-state index is 13.7. The van der Waals surface area contributed by atoms with Gasteiger partial charge in [0, 0.05) is 7.11 Å². The predicted molar refractivity (Wildman–Crippen MR) is 145 cm³/mol. The van der Waals surface area contributed by atoms with E-state index in [1.165, 1.54) is 23.0 Å². The minimum Gasteiger partial charge on any atom is -0.494 e. The molecule has 1 aromatic heterocycles. The van der Waals surface area contributed by atoms with Crippen molar-refractivity contribution >= 4 is 46.6 Å². The summed E-state index contributed by atoms with van der Waals surface area (Å²) >= 11 is 13.4. The van der Waals surface area contributed by atoms with Gasteiger partial charge in [-0.15, -0.1) is 0 Å². The van der Waals surface area contributed by atoms with Crippen LogP contribution in [0.4, 0.5) is 0 Å². The van der Waals surface area contributed by atoms with Gasteiger partial charge in [0.15, 0.2) is 4.80 Å². The SMILES string of the molecule is CCCOc1ccc(C2C(C(=O)OCCOC)=C(C)N=c3sc(=Cc4ccc(Cl)c(Cl)c4)c(=O)n32)cc1. The number of halogens is 2. The molecule has 1 atom stereocenters. The van der Waals surface area contributed by atoms with E-state index >= 15 is 0 Å². The van der Waals surface area contributed by atoms with Gasteiger partial charge in [-0.05, 0) is 54.8 Å². The third-order valence-electron chi connectivity index (χ3n) is 5.67. The molecule has 3 aromatic rings. The summed E-state index contributed by atoms with van der Waals surface area (Å²) in [7, 11) is 1.53. The Bertz CT molecular complexity index is 1510. The van der Waals surface area contributed by atoms with Crippen molar-refractivity contribution in [2.24, 2.45) is 4.99 Å². The number of ether oxygens (including phenoxy) is 3. The van der Waals surface area contributed by atoms with E-state index in [-0.39, 0.29) is 18.8 Å². The molecule has 1 aliphatic heterocycles. The average molecular weight is 561 g/mol. The van der Waals surface area contributed by atoms with E-state index in [9.17, 15) is 9.59 Å². The first kappa shape index (κ1) is 27.1. The van der Waals surface area contributed by atoms with Crippen molar-refractivity contribution in [2.75, 3.05) is 26.9 Å². The van der Waals surface area contributed by atoms with Crippen LogP contribution < -0.4 is 19.6 Å². The number of hydrogen-bond acceptors (Lipinski definition) is 7. The number of aromatic nitrogens is 1. The normalized spacial score (nSPS) is 15.4. The van der Waals surface area contributed by atoms with E-state index < -0.39 is 12.0 Å². The van der Waals surface area contributed by atoms with Crippen molar-refractivity contribution in [3.63, 3.8) is 0 Å². The van der Waals surface area contributed by atoms with Gasteiger partial charge in [0.05, 0.1) is 45.1 Å². The standard InChI is InChI=1S/C27H26Cl2N2O5S/c1-4-11-35-19-8-6-18(7-9-19)24-23(26(33)36-13-12-34-3)16(2)30-27-31(24)25(32)22(37-27)15-17-5-10-20(28)21(29)14-17/h5-10,14-15,24H,4,11-13H2,1-3H3. The monoisotopic (exact) mass is 560 g/mol. The molecule has 0 fully saturated rings. The highest BCUT2D eigenvalue weighted by Crippen LogP contribution is 2.31. The number of allylic oxidation sites excluding steroid dienone is 1. The van der Waals surface area contributed by atoms with Crippen molar-refractivity contribution < 1.29 is 19.0 Å². The molecule has 0 radical (unpaired) electrons. The maximum atomic E-state index is 13.7. The second-order valence-corrected chi connectivity index (χ2v) is 10.1. The van der Waals surface area contributed by atoms with Gasteiger partial charge in [-0.2, -0.15) is 0 Å². The number of thiazole rings is 1. The maximum Gasteiger partial charge on any atom is 0.338 e. The Morgan fingerprint density at radius 1 is 1.11 bits per heavy atom. The van der Waals surface area contributed by atoms with Gasteiger partial charge in [0.2, 0.25) is 0 Å². The van der Waals surface area contributed by atoms with Crippen LogP contribution in [0.2, 0.25) is 10.0 Å². The first-order valence-corrected chi connectivity index (χ1v) is 13.3. The Morgan fingerprint density at radius 3 is 2.54 bits per heavy atom. The highest BCUT2D eigenvalue weighted by Gasteiger charge is 2.33. The van der Waals surface area contributed by atoms with Crippen molar-refractivity contribution in [2.45, 2.75) is 26.3 Å². The van der Waals surface area contributed by atoms with Gasteiger partial charge in [0.25, 0.3) is 5.56 Å². The molecule has 0 amide bonds. The van der Waals surface area contributed by atoms with Crippen LogP contribution in [-0.4, -0.2) is 37.5 Å². The van der Waals surface area contributed by atoms with Crippen LogP contribution in [0.5, 0.6) is 5.75 Å². The van der Waals surface area contributed by atoms with E-state index in [2.05, 4.69) is 4.99 Å². The topological polar surface area (TPSA) is 79.1 Å². The molecule has 1 aliphatic rings. The molecule has 194 valence electrons. The lowest BCUT2D eigenvalue weighted by atomic mass is 9.96. The van der Waals surface area contributed by atoms with E-state index in [0.717, 1.165) is 17.5 Å². The molecule has 1 unspecified atom stereocenters. The number of esters is 1. The highest BCUT2D eigenvalue weighted by molar-refractivity contribution is 7.07. The van der Waals surface area contributed by atoms with Crippen molar-refractivity contribution in [1.82, 2.24) is 4.57 Å². The van der Waals surface area contributed by atoms with Gasteiger partial charge in [-0.25, -0.2) is 9.79 Å². The Morgan fingerprint density at radius 2 is 1.86 bits per heavy atom. The second-order valence-electron chi connectivity index (χ2n) is 8.30. The average Bonchev–Trinajstić information content (AvgIpc) is 3.18. The molecule has 37 heavy (non-hydrogen) atoms. The van der Waals surface area contributed by atoms with Gasteiger partial charge < -0.3 is 14.2 Å². The summed E-state index contributed by atoms with van der Waals surface area (Å²) in [6.45, 7) is 4.72. The van der Waals surface area contributed by atoms with E-state index in [1.54, 1.807) is 31.2 Å². The molecule has 7 nitrogen and oxygen atoms in total. The Kier molecular flexibility index (Phi) is 8.87. The molecule has 0 bridgehead atoms. The van der Waals surface area contributed by atoms with Crippen LogP contribution in [0.1, 0.15) is 37.4 Å². The summed E-state index contributed by atoms with van der Waals surface area (Å²) in [5.41, 5.74) is 1.97. The lowest BCUT2D eigenvalue weighted by Gasteiger charge is -2.25. The molecular formula is C27H26Cl2N2O5S. The Labute approximate surface area is 228 Å². The largest absolute Gasteiger partial charge is 0.494 e. The summed E-state index contributed by atoms with van der Waals surface area (Å²) < 4.78 is 18.2. The number of carbonyl (C=O) groups is 1. The van der Waals surface area contributed by atoms with Crippen LogP contribution in [0.25, 0.3) is 6.08 Å². The summed E-state index contributed by atoms with van der Waals surface area (Å²) in [6.07, 6.45) is 2.62. The van der Waals surface area contributed by atoms with Gasteiger partial charge in [-0.3, -0.25) is 9.36 Å². The fourth-order valence-electron chi connectivity index (χ4n) is 3.91. The minimum atomic E-state index is -0.720. The van der Waals surface area contributed by atoms with E-state index in [1.807, 2.05) is 31.2 Å². The third kappa shape index (κ3) is 5.99. The number of nitrogens with zero attached hydrogens (tertiary/aromatic N) is 2. The molecule has 0 spiro atoms. The van der Waals surface area contributed by atoms with Crippen LogP contribution in [0.15, 0.2) is 63.5 Å². The van der Waals surface area contributed by atoms with E-state index in [0.29, 0.717) is 43.0 Å². The minimum absolute atomic E-state index is 0.0877. The number of carbonyl (C=O) groups excluding carboxylic acids is 1. The van der Waals surface area contributed by atoms with Crippen molar-refractivity contribution in [1.29, 1.82) is 0 Å². The number of rotatable bonds is 9. The molecule has 4 rings (SSSR count). The first-order valence-electron chi connectivity index (χ1n) is 11.7. The molecule has 2 aromatic carbocycles. The van der Waals surface area contributed by atoms with Gasteiger partial charge >= 0.3 is 5.97 Å². The predicted octanol–water partition coefficient (Wildman–Crippen LogP) is 4.52. The van der Waals surface area contributed by atoms with Crippen LogP contribution in [-0.2, 0) is 14.3 Å². The smallest absolute Gasteiger partial charge is 0.338 e. The number of methoxy groups -OCH3 is 1. The summed E-state index contributed by atoms with van der Waals surface area (Å²) in [5, 5.41) is 0.822. The highest BCUT2D eigenvalue weighted by atomic mass is 35.5. The van der Waals surface area contributed by atoms with Gasteiger partial charge in [-0.1, -0.05) is 59.7 Å². The number of fused-ring (bicyclic) bond motifs is 1. The number of hydrogen-bond donors (Lipinski definition) is 0. The fraction of sp³-hybridized carbons (Fsp3) is 0.296. The fourth-order valence-corrected chi connectivity index (χ4v) is 5.27. The van der Waals surface area contributed by atoms with Crippen molar-refractivity contribution in [3.8, 4) is 5.75 Å². The Hall–Kier alpha value is -2.91. The summed E-state index contributed by atoms with van der Waals surface area (Å²) in [5.74, 6) is 0.163. The van der Waals surface area contributed by atoms with Crippen LogP contribution in [0, 0.1) is 0 Å². The molecule has 2 heterocycles. The van der Waals surface area contributed by atoms with Crippen LogP contribution in [0.3, 0.4) is 0 Å². The molecule has 10 heteroatoms. The van der Waals surface area contributed by atoms with E-state index in [4.69, 9.17) is 37.4 Å². The lowest BCUT2D eigenvalue weighted by molar-refractivity contribution is -0.140. The first-order chi connectivity index (χ1) is 17.8. The summed E-state index contributed by atoms with van der Waals surface area (Å²) in [4.78, 5) is 32.0. The lowest BCUT2D eigenvalue weighted by Crippen LogP contribution is -2.40. The molecule has 0 saturated heterocycles. The zero-order valence-electron chi connectivity index (χ0n) is 20.6. The second kappa shape index (κ2) is 12.1. The third-order valence-corrected chi connectivity index (χ3v) is 7.39. The zero-order valence-corrected chi connectivity index (χ0v) is 23.0.